The van der Waals surface area contributed by atoms with Gasteiger partial charge in [0.15, 0.2) is 5.82 Å². The standard InChI is InChI=1S/C11H18N4/c1-9-4-5-11(14-13-9)15-8-2-3-10(15)6-7-12/h4-5,10H,2-3,6-8,12H2,1H3. The lowest BCUT2D eigenvalue weighted by Gasteiger charge is -2.24. The van der Waals surface area contributed by atoms with Crippen molar-refractivity contribution >= 4 is 5.82 Å². The van der Waals surface area contributed by atoms with Gasteiger partial charge >= 0.3 is 0 Å². The lowest BCUT2D eigenvalue weighted by atomic mass is 10.1. The third kappa shape index (κ3) is 2.26. The minimum absolute atomic E-state index is 0.562. The van der Waals surface area contributed by atoms with Crippen LogP contribution in [0.2, 0.25) is 0 Å². The Balaban J connectivity index is 2.11. The summed E-state index contributed by atoms with van der Waals surface area (Å²) in [5.74, 6) is 0.997. The van der Waals surface area contributed by atoms with Gasteiger partial charge in [-0.15, -0.1) is 5.10 Å². The van der Waals surface area contributed by atoms with E-state index in [4.69, 9.17) is 5.73 Å². The molecule has 4 heteroatoms. The summed E-state index contributed by atoms with van der Waals surface area (Å²) in [5.41, 5.74) is 6.58. The Morgan fingerprint density at radius 3 is 3.00 bits per heavy atom. The van der Waals surface area contributed by atoms with Crippen molar-refractivity contribution in [1.29, 1.82) is 0 Å². The highest BCUT2D eigenvalue weighted by Crippen LogP contribution is 2.24. The molecule has 0 amide bonds. The Morgan fingerprint density at radius 2 is 2.33 bits per heavy atom. The van der Waals surface area contributed by atoms with E-state index in [1.54, 1.807) is 0 Å². The van der Waals surface area contributed by atoms with E-state index in [0.717, 1.165) is 31.0 Å². The number of nitrogens with two attached hydrogens (primary N) is 1. The molecule has 1 atom stereocenters. The average Bonchev–Trinajstić information content (AvgIpc) is 2.68. The molecule has 82 valence electrons. The van der Waals surface area contributed by atoms with Crippen LogP contribution in [0.1, 0.15) is 25.0 Å². The van der Waals surface area contributed by atoms with Crippen LogP contribution in [-0.2, 0) is 0 Å². The van der Waals surface area contributed by atoms with Gasteiger partial charge in [-0.2, -0.15) is 5.10 Å². The van der Waals surface area contributed by atoms with Crippen LogP contribution in [0.4, 0.5) is 5.82 Å². The van der Waals surface area contributed by atoms with Gasteiger partial charge in [0.25, 0.3) is 0 Å². The first kappa shape index (κ1) is 10.4. The first-order chi connectivity index (χ1) is 7.31. The van der Waals surface area contributed by atoms with Crippen LogP contribution in [0, 0.1) is 6.92 Å². The fourth-order valence-electron chi connectivity index (χ4n) is 2.17. The van der Waals surface area contributed by atoms with Gasteiger partial charge in [-0.1, -0.05) is 0 Å². The van der Waals surface area contributed by atoms with E-state index in [1.165, 1.54) is 12.8 Å². The van der Waals surface area contributed by atoms with Crippen molar-refractivity contribution in [2.24, 2.45) is 5.73 Å². The Bertz CT molecular complexity index is 309. The highest BCUT2D eigenvalue weighted by molar-refractivity contribution is 5.39. The number of hydrogen-bond acceptors (Lipinski definition) is 4. The van der Waals surface area contributed by atoms with E-state index in [-0.39, 0.29) is 0 Å². The fraction of sp³-hybridized carbons (Fsp3) is 0.636. The first-order valence-electron chi connectivity index (χ1n) is 5.58. The Hall–Kier alpha value is -1.16. The highest BCUT2D eigenvalue weighted by atomic mass is 15.3. The molecule has 1 aliphatic heterocycles. The van der Waals surface area contributed by atoms with E-state index in [9.17, 15) is 0 Å². The quantitative estimate of drug-likeness (QED) is 0.804. The summed E-state index contributed by atoms with van der Waals surface area (Å²) in [7, 11) is 0. The Morgan fingerprint density at radius 1 is 1.47 bits per heavy atom. The van der Waals surface area contributed by atoms with Gasteiger partial charge in [0.05, 0.1) is 5.69 Å². The van der Waals surface area contributed by atoms with Gasteiger partial charge in [0, 0.05) is 12.6 Å². The Labute approximate surface area is 90.5 Å². The summed E-state index contributed by atoms with van der Waals surface area (Å²) in [6.07, 6.45) is 3.52. The lowest BCUT2D eigenvalue weighted by molar-refractivity contribution is 0.611. The number of aryl methyl sites for hydroxylation is 1. The van der Waals surface area contributed by atoms with Crippen molar-refractivity contribution in [3.63, 3.8) is 0 Å². The summed E-state index contributed by atoms with van der Waals surface area (Å²) in [4.78, 5) is 2.33. The predicted octanol–water partition coefficient (Wildman–Crippen LogP) is 1.10. The summed E-state index contributed by atoms with van der Waals surface area (Å²) >= 11 is 0. The van der Waals surface area contributed by atoms with Crippen LogP contribution in [0.5, 0.6) is 0 Å². The summed E-state index contributed by atoms with van der Waals surface area (Å²) in [6, 6.07) is 4.63. The molecule has 4 nitrogen and oxygen atoms in total. The number of aromatic nitrogens is 2. The molecule has 1 unspecified atom stereocenters. The van der Waals surface area contributed by atoms with Crippen LogP contribution < -0.4 is 10.6 Å². The molecule has 0 aliphatic carbocycles. The van der Waals surface area contributed by atoms with Gasteiger partial charge in [0.1, 0.15) is 0 Å². The molecule has 1 saturated heterocycles. The summed E-state index contributed by atoms with van der Waals surface area (Å²) < 4.78 is 0. The second-order valence-corrected chi connectivity index (χ2v) is 4.10. The van der Waals surface area contributed by atoms with Crippen molar-refractivity contribution in [3.8, 4) is 0 Å². The maximum atomic E-state index is 5.61. The van der Waals surface area contributed by atoms with Gasteiger partial charge < -0.3 is 10.6 Å². The molecule has 15 heavy (non-hydrogen) atoms. The number of nitrogens with zero attached hydrogens (tertiary/aromatic N) is 3. The van der Waals surface area contributed by atoms with Gasteiger partial charge in [-0.25, -0.2) is 0 Å². The van der Waals surface area contributed by atoms with E-state index in [1.807, 2.05) is 13.0 Å². The zero-order valence-electron chi connectivity index (χ0n) is 9.19. The topological polar surface area (TPSA) is 55.0 Å². The number of anilines is 1. The van der Waals surface area contributed by atoms with E-state index in [0.29, 0.717) is 6.04 Å². The molecule has 0 saturated carbocycles. The molecule has 0 radical (unpaired) electrons. The van der Waals surface area contributed by atoms with Crippen LogP contribution >= 0.6 is 0 Å². The molecule has 1 aromatic rings. The molecule has 1 aliphatic rings. The molecule has 0 bridgehead atoms. The van der Waals surface area contributed by atoms with Crippen molar-refractivity contribution in [3.05, 3.63) is 17.8 Å². The molecule has 1 aromatic heterocycles. The van der Waals surface area contributed by atoms with Gasteiger partial charge in [-0.05, 0) is 44.9 Å². The molecular weight excluding hydrogens is 188 g/mol. The second-order valence-electron chi connectivity index (χ2n) is 4.10. The van der Waals surface area contributed by atoms with Gasteiger partial charge in [0.2, 0.25) is 0 Å². The number of hydrogen-bond donors (Lipinski definition) is 1. The Kier molecular flexibility index (Phi) is 3.16. The molecule has 2 rings (SSSR count). The number of rotatable bonds is 3. The predicted molar refractivity (Wildman–Crippen MR) is 60.8 cm³/mol. The normalized spacial score (nSPS) is 20.9. The molecule has 0 spiro atoms. The third-order valence-electron chi connectivity index (χ3n) is 2.96. The van der Waals surface area contributed by atoms with Crippen molar-refractivity contribution in [1.82, 2.24) is 10.2 Å². The van der Waals surface area contributed by atoms with E-state index >= 15 is 0 Å². The minimum Gasteiger partial charge on any atom is -0.352 e. The second kappa shape index (κ2) is 4.57. The highest BCUT2D eigenvalue weighted by Gasteiger charge is 2.24. The molecule has 2 N–H and O–H groups in total. The lowest BCUT2D eigenvalue weighted by Crippen LogP contribution is -2.31. The van der Waals surface area contributed by atoms with E-state index < -0.39 is 0 Å². The summed E-state index contributed by atoms with van der Waals surface area (Å²) in [5, 5.41) is 8.32. The maximum Gasteiger partial charge on any atom is 0.151 e. The third-order valence-corrected chi connectivity index (χ3v) is 2.96. The molecule has 2 heterocycles. The van der Waals surface area contributed by atoms with Crippen LogP contribution in [0.15, 0.2) is 12.1 Å². The minimum atomic E-state index is 0.562. The van der Waals surface area contributed by atoms with Crippen LogP contribution in [-0.4, -0.2) is 29.3 Å². The zero-order valence-corrected chi connectivity index (χ0v) is 9.19. The van der Waals surface area contributed by atoms with Crippen LogP contribution in [0.3, 0.4) is 0 Å². The first-order valence-corrected chi connectivity index (χ1v) is 5.58. The molecule has 0 aromatic carbocycles. The average molecular weight is 206 g/mol. The van der Waals surface area contributed by atoms with Crippen LogP contribution in [0.25, 0.3) is 0 Å². The van der Waals surface area contributed by atoms with Crippen molar-refractivity contribution < 1.29 is 0 Å². The smallest absolute Gasteiger partial charge is 0.151 e. The van der Waals surface area contributed by atoms with Crippen molar-refractivity contribution in [2.75, 3.05) is 18.0 Å². The zero-order chi connectivity index (χ0) is 10.7. The monoisotopic (exact) mass is 206 g/mol. The fourth-order valence-corrected chi connectivity index (χ4v) is 2.17. The van der Waals surface area contributed by atoms with Crippen molar-refractivity contribution in [2.45, 2.75) is 32.2 Å². The largest absolute Gasteiger partial charge is 0.352 e. The SMILES string of the molecule is Cc1ccc(N2CCCC2CCN)nn1. The summed E-state index contributed by atoms with van der Waals surface area (Å²) in [6.45, 7) is 3.79. The molecular formula is C11H18N4. The van der Waals surface area contributed by atoms with E-state index in [2.05, 4.69) is 21.2 Å². The van der Waals surface area contributed by atoms with Gasteiger partial charge in [-0.3, -0.25) is 0 Å². The maximum absolute atomic E-state index is 5.61. The molecule has 1 fully saturated rings.